The van der Waals surface area contributed by atoms with Gasteiger partial charge in [0.15, 0.2) is 0 Å². The molecule has 0 fully saturated rings. The van der Waals surface area contributed by atoms with E-state index in [2.05, 4.69) is 23.5 Å². The number of halogens is 1. The fraction of sp³-hybridized carbons (Fsp3) is 0.250. The average Bonchev–Trinajstić information content (AvgIpc) is 2.37. The van der Waals surface area contributed by atoms with Gasteiger partial charge >= 0.3 is 0 Å². The van der Waals surface area contributed by atoms with Crippen LogP contribution in [-0.2, 0) is 13.0 Å². The maximum absolute atomic E-state index is 13.5. The average molecular weight is 241 g/mol. The van der Waals surface area contributed by atoms with E-state index in [0.717, 1.165) is 36.2 Å². The third-order valence-corrected chi connectivity index (χ3v) is 3.50. The molecular weight excluding hydrogens is 225 g/mol. The lowest BCUT2D eigenvalue weighted by atomic mass is 9.91. The number of hydrogen-bond acceptors (Lipinski definition) is 1. The van der Waals surface area contributed by atoms with Gasteiger partial charge in [0.05, 0.1) is 0 Å². The first kappa shape index (κ1) is 11.4. The van der Waals surface area contributed by atoms with E-state index < -0.39 is 0 Å². The van der Waals surface area contributed by atoms with Crippen LogP contribution in [0.15, 0.2) is 36.4 Å². The normalized spacial score (nSPS) is 14.3. The van der Waals surface area contributed by atoms with Gasteiger partial charge in [-0.15, -0.1) is 0 Å². The predicted molar refractivity (Wildman–Crippen MR) is 72.0 cm³/mol. The van der Waals surface area contributed by atoms with E-state index in [0.29, 0.717) is 0 Å². The molecule has 1 N–H and O–H groups in total. The minimum absolute atomic E-state index is 0.161. The van der Waals surface area contributed by atoms with E-state index in [1.165, 1.54) is 11.1 Å². The van der Waals surface area contributed by atoms with Crippen LogP contribution in [0.2, 0.25) is 0 Å². The van der Waals surface area contributed by atoms with Crippen LogP contribution in [0, 0.1) is 12.7 Å². The van der Waals surface area contributed by atoms with Gasteiger partial charge in [0.25, 0.3) is 0 Å². The molecule has 2 aromatic carbocycles. The van der Waals surface area contributed by atoms with Gasteiger partial charge in [-0.25, -0.2) is 4.39 Å². The first-order valence-electron chi connectivity index (χ1n) is 6.33. The van der Waals surface area contributed by atoms with Crippen molar-refractivity contribution in [3.63, 3.8) is 0 Å². The molecule has 0 radical (unpaired) electrons. The fourth-order valence-corrected chi connectivity index (χ4v) is 2.68. The number of aryl methyl sites for hydroxylation is 1. The van der Waals surface area contributed by atoms with E-state index in [1.807, 2.05) is 13.0 Å². The Morgan fingerprint density at radius 2 is 2.06 bits per heavy atom. The Labute approximate surface area is 107 Å². The molecule has 2 heteroatoms. The van der Waals surface area contributed by atoms with Crippen LogP contribution in [0.4, 0.5) is 4.39 Å². The van der Waals surface area contributed by atoms with Gasteiger partial charge in [-0.05, 0) is 59.8 Å². The van der Waals surface area contributed by atoms with E-state index in [1.54, 1.807) is 12.1 Å². The summed E-state index contributed by atoms with van der Waals surface area (Å²) in [7, 11) is 0. The lowest BCUT2D eigenvalue weighted by Gasteiger charge is -2.20. The Morgan fingerprint density at radius 3 is 2.89 bits per heavy atom. The van der Waals surface area contributed by atoms with Crippen LogP contribution >= 0.6 is 0 Å². The van der Waals surface area contributed by atoms with Crippen molar-refractivity contribution >= 4 is 0 Å². The van der Waals surface area contributed by atoms with Crippen LogP contribution in [-0.4, -0.2) is 6.54 Å². The Morgan fingerprint density at radius 1 is 1.17 bits per heavy atom. The standard InChI is InChI=1S/C16H16FN/c1-11-7-13(9-14(17)8-11)15-4-2-3-12-5-6-18-10-16(12)15/h2-4,7-9,18H,5-6,10H2,1H3. The molecule has 0 aliphatic carbocycles. The summed E-state index contributed by atoms with van der Waals surface area (Å²) in [6, 6.07) is 11.6. The van der Waals surface area contributed by atoms with Crippen molar-refractivity contribution in [1.82, 2.24) is 5.32 Å². The molecule has 1 aliphatic heterocycles. The molecule has 2 aromatic rings. The lowest BCUT2D eigenvalue weighted by Crippen LogP contribution is -2.24. The highest BCUT2D eigenvalue weighted by atomic mass is 19.1. The number of nitrogens with one attached hydrogen (secondary N) is 1. The fourth-order valence-electron chi connectivity index (χ4n) is 2.68. The summed E-state index contributed by atoms with van der Waals surface area (Å²) in [5.74, 6) is -0.161. The zero-order valence-electron chi connectivity index (χ0n) is 10.5. The number of hydrogen-bond donors (Lipinski definition) is 1. The Hall–Kier alpha value is -1.67. The maximum atomic E-state index is 13.5. The molecule has 0 unspecified atom stereocenters. The molecule has 1 aliphatic rings. The number of fused-ring (bicyclic) bond motifs is 1. The van der Waals surface area contributed by atoms with Gasteiger partial charge in [0.2, 0.25) is 0 Å². The summed E-state index contributed by atoms with van der Waals surface area (Å²) in [5, 5.41) is 3.39. The second kappa shape index (κ2) is 4.54. The van der Waals surface area contributed by atoms with Gasteiger partial charge in [-0.2, -0.15) is 0 Å². The smallest absolute Gasteiger partial charge is 0.124 e. The predicted octanol–water partition coefficient (Wildman–Crippen LogP) is 3.45. The topological polar surface area (TPSA) is 12.0 Å². The van der Waals surface area contributed by atoms with Crippen molar-refractivity contribution in [1.29, 1.82) is 0 Å². The van der Waals surface area contributed by atoms with Crippen LogP contribution in [0.1, 0.15) is 16.7 Å². The summed E-state index contributed by atoms with van der Waals surface area (Å²) < 4.78 is 13.5. The van der Waals surface area contributed by atoms with Crippen molar-refractivity contribution in [2.24, 2.45) is 0 Å². The first-order valence-corrected chi connectivity index (χ1v) is 6.33. The molecular formula is C16H16FN. The Bertz CT molecular complexity index is 569. The lowest BCUT2D eigenvalue weighted by molar-refractivity contribution is 0.626. The van der Waals surface area contributed by atoms with Gasteiger partial charge in [-0.3, -0.25) is 0 Å². The van der Waals surface area contributed by atoms with Crippen molar-refractivity contribution in [2.75, 3.05) is 6.54 Å². The molecule has 18 heavy (non-hydrogen) atoms. The zero-order chi connectivity index (χ0) is 12.5. The minimum atomic E-state index is -0.161. The van der Waals surface area contributed by atoms with Crippen LogP contribution in [0.5, 0.6) is 0 Å². The van der Waals surface area contributed by atoms with E-state index in [-0.39, 0.29) is 5.82 Å². The number of rotatable bonds is 1. The molecule has 0 amide bonds. The van der Waals surface area contributed by atoms with Crippen LogP contribution in [0.25, 0.3) is 11.1 Å². The zero-order valence-corrected chi connectivity index (χ0v) is 10.5. The second-order valence-electron chi connectivity index (χ2n) is 4.89. The van der Waals surface area contributed by atoms with Gasteiger partial charge < -0.3 is 5.32 Å². The summed E-state index contributed by atoms with van der Waals surface area (Å²) >= 11 is 0. The van der Waals surface area contributed by atoms with Gasteiger partial charge in [0, 0.05) is 6.54 Å². The summed E-state index contributed by atoms with van der Waals surface area (Å²) in [6.07, 6.45) is 1.05. The molecule has 1 nitrogen and oxygen atoms in total. The SMILES string of the molecule is Cc1cc(F)cc(-c2cccc3c2CNCC3)c1. The largest absolute Gasteiger partial charge is 0.312 e. The van der Waals surface area contributed by atoms with Crippen molar-refractivity contribution in [3.05, 3.63) is 58.9 Å². The molecule has 0 bridgehead atoms. The third kappa shape index (κ3) is 2.04. The summed E-state index contributed by atoms with van der Waals surface area (Å²) in [4.78, 5) is 0. The summed E-state index contributed by atoms with van der Waals surface area (Å²) in [6.45, 7) is 3.83. The molecule has 0 saturated carbocycles. The van der Waals surface area contributed by atoms with Crippen LogP contribution in [0.3, 0.4) is 0 Å². The molecule has 0 spiro atoms. The quantitative estimate of drug-likeness (QED) is 0.806. The minimum Gasteiger partial charge on any atom is -0.312 e. The van der Waals surface area contributed by atoms with Crippen LogP contribution < -0.4 is 5.32 Å². The van der Waals surface area contributed by atoms with E-state index in [4.69, 9.17) is 0 Å². The Balaban J connectivity index is 2.16. The summed E-state index contributed by atoms with van der Waals surface area (Å²) in [5.41, 5.74) is 5.80. The highest BCUT2D eigenvalue weighted by Crippen LogP contribution is 2.29. The monoisotopic (exact) mass is 241 g/mol. The van der Waals surface area contributed by atoms with E-state index >= 15 is 0 Å². The maximum Gasteiger partial charge on any atom is 0.124 e. The molecule has 0 atom stereocenters. The molecule has 0 aromatic heterocycles. The highest BCUT2D eigenvalue weighted by molar-refractivity contribution is 5.69. The van der Waals surface area contributed by atoms with Crippen molar-refractivity contribution in [3.8, 4) is 11.1 Å². The number of benzene rings is 2. The molecule has 0 saturated heterocycles. The van der Waals surface area contributed by atoms with Gasteiger partial charge in [-0.1, -0.05) is 24.3 Å². The van der Waals surface area contributed by atoms with E-state index in [9.17, 15) is 4.39 Å². The first-order chi connectivity index (χ1) is 8.74. The third-order valence-electron chi connectivity index (χ3n) is 3.50. The highest BCUT2D eigenvalue weighted by Gasteiger charge is 2.13. The van der Waals surface area contributed by atoms with Crippen molar-refractivity contribution < 1.29 is 4.39 Å². The molecule has 1 heterocycles. The Kier molecular flexibility index (Phi) is 2.88. The van der Waals surface area contributed by atoms with Gasteiger partial charge in [0.1, 0.15) is 5.82 Å². The van der Waals surface area contributed by atoms with Crippen molar-refractivity contribution in [2.45, 2.75) is 19.9 Å². The second-order valence-corrected chi connectivity index (χ2v) is 4.89. The molecule has 3 rings (SSSR count). The molecule has 92 valence electrons.